The Morgan fingerprint density at radius 1 is 1.45 bits per heavy atom. The van der Waals surface area contributed by atoms with E-state index >= 15 is 0 Å². The van der Waals surface area contributed by atoms with Crippen molar-refractivity contribution in [2.75, 3.05) is 20.6 Å². The molecule has 0 fully saturated rings. The van der Waals surface area contributed by atoms with Crippen molar-refractivity contribution >= 4 is 6.21 Å². The van der Waals surface area contributed by atoms with Gasteiger partial charge in [0, 0.05) is 19.0 Å². The first-order valence-electron chi connectivity index (χ1n) is 3.95. The lowest BCUT2D eigenvalue weighted by Crippen LogP contribution is -2.12. The van der Waals surface area contributed by atoms with E-state index in [0.717, 1.165) is 13.0 Å². The van der Waals surface area contributed by atoms with Gasteiger partial charge in [-0.05, 0) is 34.4 Å². The van der Waals surface area contributed by atoms with Crippen LogP contribution in [0.5, 0.6) is 0 Å². The Hall–Kier alpha value is -0.630. The van der Waals surface area contributed by atoms with Gasteiger partial charge in [0.2, 0.25) is 0 Å². The molecule has 0 spiro atoms. The van der Waals surface area contributed by atoms with Crippen LogP contribution in [0.1, 0.15) is 20.3 Å². The van der Waals surface area contributed by atoms with Crippen LogP contribution in [0.15, 0.2) is 16.8 Å². The van der Waals surface area contributed by atoms with Crippen molar-refractivity contribution in [3.63, 3.8) is 0 Å². The van der Waals surface area contributed by atoms with Crippen LogP contribution in [0.25, 0.3) is 0 Å². The molecule has 0 bridgehead atoms. The Morgan fingerprint density at radius 3 is 2.55 bits per heavy atom. The summed E-state index contributed by atoms with van der Waals surface area (Å²) in [4.78, 5) is 6.22. The van der Waals surface area contributed by atoms with Gasteiger partial charge in [-0.2, -0.15) is 0 Å². The van der Waals surface area contributed by atoms with Crippen LogP contribution in [0.2, 0.25) is 0 Å². The molecule has 0 aliphatic heterocycles. The Bertz CT molecular complexity index is 146. The van der Waals surface area contributed by atoms with E-state index in [-0.39, 0.29) is 0 Å². The lowest BCUT2D eigenvalue weighted by molar-refractivity contribution is 0.413. The lowest BCUT2D eigenvalue weighted by Gasteiger charge is -2.08. The zero-order chi connectivity index (χ0) is 8.69. The quantitative estimate of drug-likeness (QED) is 0.565. The van der Waals surface area contributed by atoms with Crippen LogP contribution in [-0.2, 0) is 0 Å². The first-order chi connectivity index (χ1) is 5.16. The maximum absolute atomic E-state index is 4.04. The van der Waals surface area contributed by atoms with E-state index < -0.39 is 0 Å². The van der Waals surface area contributed by atoms with Crippen LogP contribution in [0, 0.1) is 0 Å². The summed E-state index contributed by atoms with van der Waals surface area (Å²) in [6.45, 7) is 5.13. The molecule has 0 N–H and O–H groups in total. The first-order valence-corrected chi connectivity index (χ1v) is 3.95. The molecule has 11 heavy (non-hydrogen) atoms. The van der Waals surface area contributed by atoms with E-state index in [1.807, 2.05) is 13.1 Å². The van der Waals surface area contributed by atoms with E-state index in [1.54, 1.807) is 6.21 Å². The molecular weight excluding hydrogens is 136 g/mol. The summed E-state index contributed by atoms with van der Waals surface area (Å²) >= 11 is 0. The number of hydrogen-bond donors (Lipinski definition) is 0. The second kappa shape index (κ2) is 6.10. The van der Waals surface area contributed by atoms with Gasteiger partial charge in [-0.25, -0.2) is 0 Å². The standard InChI is InChI=1S/C9H18N2/c1-5-10-8-9(2)6-7-11(3)4/h5,8H,6-7H2,1-4H3. The topological polar surface area (TPSA) is 15.6 Å². The molecule has 2 heteroatoms. The minimum atomic E-state index is 1.10. The minimum Gasteiger partial charge on any atom is -0.309 e. The van der Waals surface area contributed by atoms with Gasteiger partial charge < -0.3 is 4.90 Å². The Labute approximate surface area is 69.6 Å². The highest BCUT2D eigenvalue weighted by atomic mass is 15.0. The summed E-state index contributed by atoms with van der Waals surface area (Å²) in [5, 5.41) is 0. The van der Waals surface area contributed by atoms with Gasteiger partial charge in [-0.15, -0.1) is 0 Å². The van der Waals surface area contributed by atoms with E-state index in [1.165, 1.54) is 5.57 Å². The van der Waals surface area contributed by atoms with Crippen molar-refractivity contribution < 1.29 is 0 Å². The van der Waals surface area contributed by atoms with Crippen LogP contribution in [-0.4, -0.2) is 31.8 Å². The molecule has 0 saturated carbocycles. The predicted octanol–water partition coefficient (Wildman–Crippen LogP) is 1.93. The van der Waals surface area contributed by atoms with Crippen LogP contribution < -0.4 is 0 Å². The van der Waals surface area contributed by atoms with Gasteiger partial charge in [0.25, 0.3) is 0 Å². The number of hydrogen-bond acceptors (Lipinski definition) is 2. The van der Waals surface area contributed by atoms with Gasteiger partial charge in [0.05, 0.1) is 0 Å². The fourth-order valence-corrected chi connectivity index (χ4v) is 0.666. The Kier molecular flexibility index (Phi) is 5.75. The van der Waals surface area contributed by atoms with Crippen molar-refractivity contribution in [3.8, 4) is 0 Å². The molecule has 0 atom stereocenters. The maximum Gasteiger partial charge on any atom is 0.0253 e. The normalized spacial score (nSPS) is 13.4. The van der Waals surface area contributed by atoms with Crippen molar-refractivity contribution in [2.24, 2.45) is 4.99 Å². The van der Waals surface area contributed by atoms with E-state index in [9.17, 15) is 0 Å². The fourth-order valence-electron chi connectivity index (χ4n) is 0.666. The van der Waals surface area contributed by atoms with Gasteiger partial charge in [0.15, 0.2) is 0 Å². The average Bonchev–Trinajstić information content (AvgIpc) is 1.97. The molecule has 0 amide bonds. The zero-order valence-electron chi connectivity index (χ0n) is 7.96. The molecule has 2 nitrogen and oxygen atoms in total. The first kappa shape index (κ1) is 10.4. The van der Waals surface area contributed by atoms with E-state index in [0.29, 0.717) is 0 Å². The highest BCUT2D eigenvalue weighted by molar-refractivity contribution is 5.54. The second-order valence-corrected chi connectivity index (χ2v) is 2.94. The average molecular weight is 154 g/mol. The number of rotatable bonds is 4. The molecule has 0 heterocycles. The van der Waals surface area contributed by atoms with Crippen molar-refractivity contribution in [1.82, 2.24) is 4.90 Å². The molecular formula is C9H18N2. The Morgan fingerprint density at radius 2 is 2.09 bits per heavy atom. The van der Waals surface area contributed by atoms with Crippen LogP contribution in [0.4, 0.5) is 0 Å². The van der Waals surface area contributed by atoms with E-state index in [4.69, 9.17) is 0 Å². The summed E-state index contributed by atoms with van der Waals surface area (Å²) in [7, 11) is 4.16. The molecule has 0 aliphatic carbocycles. The van der Waals surface area contributed by atoms with Gasteiger partial charge in [-0.3, -0.25) is 4.99 Å². The van der Waals surface area contributed by atoms with Gasteiger partial charge in [-0.1, -0.05) is 5.57 Å². The minimum absolute atomic E-state index is 1.10. The molecule has 0 saturated heterocycles. The molecule has 0 rings (SSSR count). The molecule has 0 radical (unpaired) electrons. The summed E-state index contributed by atoms with van der Waals surface area (Å²) in [6.07, 6.45) is 4.83. The smallest absolute Gasteiger partial charge is 0.0253 e. The van der Waals surface area contributed by atoms with Crippen molar-refractivity contribution in [3.05, 3.63) is 11.8 Å². The zero-order valence-corrected chi connectivity index (χ0v) is 7.96. The lowest BCUT2D eigenvalue weighted by atomic mass is 10.2. The van der Waals surface area contributed by atoms with Gasteiger partial charge in [0.1, 0.15) is 0 Å². The van der Waals surface area contributed by atoms with E-state index in [2.05, 4.69) is 30.9 Å². The monoisotopic (exact) mass is 154 g/mol. The molecule has 0 aromatic rings. The molecule has 0 aliphatic rings. The number of nitrogens with zero attached hydrogens (tertiary/aromatic N) is 2. The summed E-state index contributed by atoms with van der Waals surface area (Å²) in [5.74, 6) is 0. The van der Waals surface area contributed by atoms with Crippen LogP contribution in [0.3, 0.4) is 0 Å². The highest BCUT2D eigenvalue weighted by Gasteiger charge is 1.90. The SMILES string of the molecule is CC=NC=C(C)CCN(C)C. The largest absolute Gasteiger partial charge is 0.309 e. The molecule has 0 aromatic heterocycles. The molecule has 0 unspecified atom stereocenters. The van der Waals surface area contributed by atoms with Crippen molar-refractivity contribution in [1.29, 1.82) is 0 Å². The number of aliphatic imine (C=N–C) groups is 1. The highest BCUT2D eigenvalue weighted by Crippen LogP contribution is 1.99. The summed E-state index contributed by atoms with van der Waals surface area (Å²) in [6, 6.07) is 0. The third-order valence-corrected chi connectivity index (χ3v) is 1.40. The third-order valence-electron chi connectivity index (χ3n) is 1.40. The van der Waals surface area contributed by atoms with Crippen LogP contribution >= 0.6 is 0 Å². The molecule has 64 valence electrons. The third kappa shape index (κ3) is 7.26. The predicted molar refractivity (Wildman–Crippen MR) is 51.1 cm³/mol. The van der Waals surface area contributed by atoms with Gasteiger partial charge >= 0.3 is 0 Å². The second-order valence-electron chi connectivity index (χ2n) is 2.94. The Balaban J connectivity index is 3.59. The fraction of sp³-hybridized carbons (Fsp3) is 0.667. The summed E-state index contributed by atoms with van der Waals surface area (Å²) in [5.41, 5.74) is 1.33. The molecule has 0 aromatic carbocycles. The summed E-state index contributed by atoms with van der Waals surface area (Å²) < 4.78 is 0. The maximum atomic E-state index is 4.04. The van der Waals surface area contributed by atoms with Crippen molar-refractivity contribution in [2.45, 2.75) is 20.3 Å².